The summed E-state index contributed by atoms with van der Waals surface area (Å²) in [6.07, 6.45) is 2.88. The number of rotatable bonds is 5. The average Bonchev–Trinajstić information content (AvgIpc) is 2.68. The van der Waals surface area contributed by atoms with E-state index in [1.165, 1.54) is 12.1 Å². The molecule has 1 amide bonds. The number of carbonyl (C=O) groups excluding carboxylic acids is 2. The van der Waals surface area contributed by atoms with E-state index in [2.05, 4.69) is 0 Å². The summed E-state index contributed by atoms with van der Waals surface area (Å²) < 4.78 is 0. The molecule has 1 unspecified atom stereocenters. The molecular formula is C21H22ClNO3. The van der Waals surface area contributed by atoms with Gasteiger partial charge >= 0.3 is 0 Å². The Morgan fingerprint density at radius 3 is 2.65 bits per heavy atom. The van der Waals surface area contributed by atoms with E-state index in [0.29, 0.717) is 25.1 Å². The second kappa shape index (κ2) is 8.37. The first-order valence-corrected chi connectivity index (χ1v) is 9.27. The summed E-state index contributed by atoms with van der Waals surface area (Å²) in [5.74, 6) is -0.0811. The predicted molar refractivity (Wildman–Crippen MR) is 102 cm³/mol. The third kappa shape index (κ3) is 4.44. The summed E-state index contributed by atoms with van der Waals surface area (Å²) >= 11 is 5.90. The lowest BCUT2D eigenvalue weighted by molar-refractivity contribution is -0.124. The van der Waals surface area contributed by atoms with Crippen molar-refractivity contribution >= 4 is 23.3 Å². The number of aromatic hydroxyl groups is 1. The van der Waals surface area contributed by atoms with Crippen LogP contribution in [0.1, 0.15) is 35.2 Å². The summed E-state index contributed by atoms with van der Waals surface area (Å²) in [7, 11) is 0. The van der Waals surface area contributed by atoms with Crippen molar-refractivity contribution in [2.24, 2.45) is 5.92 Å². The number of hydrogen-bond acceptors (Lipinski definition) is 3. The van der Waals surface area contributed by atoms with E-state index in [-0.39, 0.29) is 28.4 Å². The molecule has 0 saturated carbocycles. The van der Waals surface area contributed by atoms with E-state index in [1.54, 1.807) is 11.0 Å². The van der Waals surface area contributed by atoms with Crippen molar-refractivity contribution < 1.29 is 14.7 Å². The SMILES string of the molecule is O=C(CCc1ccccc1)C1CCCN(C(=O)c2ccc(O)c(Cl)c2)C1. The minimum absolute atomic E-state index is 0.0455. The Balaban J connectivity index is 1.60. The molecule has 4 nitrogen and oxygen atoms in total. The maximum absolute atomic E-state index is 12.7. The van der Waals surface area contributed by atoms with Gasteiger partial charge in [0.05, 0.1) is 5.02 Å². The zero-order valence-corrected chi connectivity index (χ0v) is 15.3. The number of piperidine rings is 1. The second-order valence-electron chi connectivity index (χ2n) is 6.71. The van der Waals surface area contributed by atoms with Crippen molar-refractivity contribution in [2.75, 3.05) is 13.1 Å². The van der Waals surface area contributed by atoms with E-state index in [1.807, 2.05) is 30.3 Å². The summed E-state index contributed by atoms with van der Waals surface area (Å²) in [4.78, 5) is 27.0. The van der Waals surface area contributed by atoms with E-state index < -0.39 is 0 Å². The van der Waals surface area contributed by atoms with Crippen LogP contribution in [0.3, 0.4) is 0 Å². The molecule has 0 aliphatic carbocycles. The molecule has 0 radical (unpaired) electrons. The third-order valence-electron chi connectivity index (χ3n) is 4.86. The molecule has 3 rings (SSSR count). The summed E-state index contributed by atoms with van der Waals surface area (Å²) in [6.45, 7) is 1.09. The average molecular weight is 372 g/mol. The van der Waals surface area contributed by atoms with Gasteiger partial charge in [0, 0.05) is 31.0 Å². The number of likely N-dealkylation sites (tertiary alicyclic amines) is 1. The van der Waals surface area contributed by atoms with Gasteiger partial charge in [-0.2, -0.15) is 0 Å². The lowest BCUT2D eigenvalue weighted by Crippen LogP contribution is -2.42. The number of carbonyl (C=O) groups is 2. The number of ketones is 1. The number of phenols is 1. The van der Waals surface area contributed by atoms with Crippen LogP contribution in [0.25, 0.3) is 0 Å². The molecule has 1 saturated heterocycles. The molecule has 0 aromatic heterocycles. The second-order valence-corrected chi connectivity index (χ2v) is 7.12. The van der Waals surface area contributed by atoms with Crippen LogP contribution in [0, 0.1) is 5.92 Å². The number of aryl methyl sites for hydroxylation is 1. The zero-order chi connectivity index (χ0) is 18.5. The first-order valence-electron chi connectivity index (χ1n) is 8.89. The molecule has 2 aromatic carbocycles. The summed E-state index contributed by atoms with van der Waals surface area (Å²) in [5, 5.41) is 9.66. The van der Waals surface area contributed by atoms with Gasteiger partial charge in [0.15, 0.2) is 0 Å². The van der Waals surface area contributed by atoms with Crippen molar-refractivity contribution in [2.45, 2.75) is 25.7 Å². The predicted octanol–water partition coefficient (Wildman–Crippen LogP) is 4.10. The number of phenolic OH excluding ortho intramolecular Hbond substituents is 1. The van der Waals surface area contributed by atoms with E-state index in [4.69, 9.17) is 11.6 Å². The topological polar surface area (TPSA) is 57.6 Å². The van der Waals surface area contributed by atoms with Gasteiger partial charge in [0.2, 0.25) is 0 Å². The van der Waals surface area contributed by atoms with Crippen LogP contribution < -0.4 is 0 Å². The molecule has 1 fully saturated rings. The van der Waals surface area contributed by atoms with Crippen LogP contribution >= 0.6 is 11.6 Å². The van der Waals surface area contributed by atoms with Crippen molar-refractivity contribution in [3.8, 4) is 5.75 Å². The molecule has 1 aliphatic heterocycles. The normalized spacial score (nSPS) is 17.1. The Morgan fingerprint density at radius 2 is 1.92 bits per heavy atom. The Kier molecular flexibility index (Phi) is 5.94. The monoisotopic (exact) mass is 371 g/mol. The fraction of sp³-hybridized carbons (Fsp3) is 0.333. The Morgan fingerprint density at radius 1 is 1.15 bits per heavy atom. The molecule has 1 atom stereocenters. The highest BCUT2D eigenvalue weighted by atomic mass is 35.5. The van der Waals surface area contributed by atoms with Gasteiger partial charge < -0.3 is 10.0 Å². The molecule has 5 heteroatoms. The van der Waals surface area contributed by atoms with Crippen molar-refractivity contribution in [3.63, 3.8) is 0 Å². The van der Waals surface area contributed by atoms with E-state index in [9.17, 15) is 14.7 Å². The smallest absolute Gasteiger partial charge is 0.253 e. The van der Waals surface area contributed by atoms with Gasteiger partial charge in [0.25, 0.3) is 5.91 Å². The lowest BCUT2D eigenvalue weighted by atomic mass is 9.90. The van der Waals surface area contributed by atoms with Crippen LogP contribution in [-0.2, 0) is 11.2 Å². The standard InChI is InChI=1S/C21H22ClNO3/c22-18-13-16(9-11-20(18)25)21(26)23-12-4-7-17(14-23)19(24)10-8-15-5-2-1-3-6-15/h1-3,5-6,9,11,13,17,25H,4,7-8,10,12,14H2. The van der Waals surface area contributed by atoms with Gasteiger partial charge in [-0.1, -0.05) is 41.9 Å². The fourth-order valence-corrected chi connectivity index (χ4v) is 3.54. The largest absolute Gasteiger partial charge is 0.506 e. The van der Waals surface area contributed by atoms with E-state index in [0.717, 1.165) is 24.8 Å². The number of nitrogens with zero attached hydrogens (tertiary/aromatic N) is 1. The van der Waals surface area contributed by atoms with Crippen molar-refractivity contribution in [3.05, 3.63) is 64.7 Å². The molecule has 1 N–H and O–H groups in total. The number of benzene rings is 2. The maximum atomic E-state index is 12.7. The quantitative estimate of drug-likeness (QED) is 0.860. The number of amides is 1. The summed E-state index contributed by atoms with van der Waals surface area (Å²) in [5.41, 5.74) is 1.59. The first-order chi connectivity index (χ1) is 12.5. The number of Topliss-reactive ketones (excluding diaryl/α,β-unsaturated/α-hetero) is 1. The zero-order valence-electron chi connectivity index (χ0n) is 14.5. The van der Waals surface area contributed by atoms with Gasteiger partial charge in [-0.05, 0) is 43.0 Å². The molecular weight excluding hydrogens is 350 g/mol. The van der Waals surface area contributed by atoms with Crippen LogP contribution in [0.4, 0.5) is 0 Å². The minimum atomic E-state index is -0.146. The van der Waals surface area contributed by atoms with Crippen molar-refractivity contribution in [1.29, 1.82) is 0 Å². The van der Waals surface area contributed by atoms with E-state index >= 15 is 0 Å². The highest BCUT2D eigenvalue weighted by molar-refractivity contribution is 6.32. The number of hydrogen-bond donors (Lipinski definition) is 1. The highest BCUT2D eigenvalue weighted by Gasteiger charge is 2.28. The van der Waals surface area contributed by atoms with Crippen LogP contribution in [0.2, 0.25) is 5.02 Å². The Hall–Kier alpha value is -2.33. The highest BCUT2D eigenvalue weighted by Crippen LogP contribution is 2.26. The molecule has 2 aromatic rings. The summed E-state index contributed by atoms with van der Waals surface area (Å²) in [6, 6.07) is 14.4. The Labute approximate surface area is 158 Å². The van der Waals surface area contributed by atoms with Gasteiger partial charge in [0.1, 0.15) is 11.5 Å². The third-order valence-corrected chi connectivity index (χ3v) is 5.16. The molecule has 0 spiro atoms. The first kappa shape index (κ1) is 18.5. The van der Waals surface area contributed by atoms with Crippen molar-refractivity contribution in [1.82, 2.24) is 4.90 Å². The maximum Gasteiger partial charge on any atom is 0.253 e. The minimum Gasteiger partial charge on any atom is -0.506 e. The molecule has 1 heterocycles. The molecule has 136 valence electrons. The number of halogens is 1. The fourth-order valence-electron chi connectivity index (χ4n) is 3.36. The van der Waals surface area contributed by atoms with Crippen LogP contribution in [-0.4, -0.2) is 34.8 Å². The van der Waals surface area contributed by atoms with Crippen LogP contribution in [0.5, 0.6) is 5.75 Å². The van der Waals surface area contributed by atoms with Gasteiger partial charge in [-0.15, -0.1) is 0 Å². The Bertz CT molecular complexity index is 791. The molecule has 26 heavy (non-hydrogen) atoms. The van der Waals surface area contributed by atoms with Crippen LogP contribution in [0.15, 0.2) is 48.5 Å². The lowest BCUT2D eigenvalue weighted by Gasteiger charge is -2.32. The molecule has 0 bridgehead atoms. The van der Waals surface area contributed by atoms with Gasteiger partial charge in [-0.25, -0.2) is 0 Å². The van der Waals surface area contributed by atoms with Gasteiger partial charge in [-0.3, -0.25) is 9.59 Å². The molecule has 1 aliphatic rings.